The minimum Gasteiger partial charge on any atom is -0.508 e. The molecule has 0 aliphatic heterocycles. The van der Waals surface area contributed by atoms with Gasteiger partial charge in [0.2, 0.25) is 0 Å². The molecular weight excluding hydrogens is 296 g/mol. The Morgan fingerprint density at radius 1 is 1.04 bits per heavy atom. The molecule has 0 aliphatic carbocycles. The molecular formula is C16H14N4O3. The molecule has 0 aliphatic rings. The minimum absolute atomic E-state index is 0.145. The van der Waals surface area contributed by atoms with Crippen molar-refractivity contribution in [3.8, 4) is 22.8 Å². The van der Waals surface area contributed by atoms with Gasteiger partial charge >= 0.3 is 0 Å². The summed E-state index contributed by atoms with van der Waals surface area (Å²) in [6.07, 6.45) is 0. The Balaban J connectivity index is 1.97. The monoisotopic (exact) mass is 310 g/mol. The first-order valence-electron chi connectivity index (χ1n) is 6.83. The summed E-state index contributed by atoms with van der Waals surface area (Å²) >= 11 is 0. The van der Waals surface area contributed by atoms with Crippen molar-refractivity contribution in [2.24, 2.45) is 10.2 Å². The van der Waals surface area contributed by atoms with Crippen LogP contribution in [-0.4, -0.2) is 22.4 Å². The van der Waals surface area contributed by atoms with Crippen LogP contribution >= 0.6 is 0 Å². The van der Waals surface area contributed by atoms with Crippen LogP contribution in [0.2, 0.25) is 0 Å². The Morgan fingerprint density at radius 3 is 2.57 bits per heavy atom. The molecule has 0 radical (unpaired) electrons. The summed E-state index contributed by atoms with van der Waals surface area (Å²) in [6, 6.07) is 13.5. The molecule has 0 unspecified atom stereocenters. The van der Waals surface area contributed by atoms with Gasteiger partial charge in [0, 0.05) is 11.6 Å². The van der Waals surface area contributed by atoms with Crippen LogP contribution in [0.3, 0.4) is 0 Å². The molecule has 0 saturated heterocycles. The van der Waals surface area contributed by atoms with E-state index in [0.29, 0.717) is 22.7 Å². The summed E-state index contributed by atoms with van der Waals surface area (Å²) in [5, 5.41) is 22.7. The fourth-order valence-electron chi connectivity index (χ4n) is 2.06. The Hall–Kier alpha value is -3.35. The van der Waals surface area contributed by atoms with E-state index in [0.717, 1.165) is 0 Å². The molecule has 2 aromatic carbocycles. The molecule has 23 heavy (non-hydrogen) atoms. The number of aromatic nitrogens is 2. The SMILES string of the molecule is COc1cccc(N=Nc2c(-c3ccc(O)cc3)[nH][nH]c2=O)c1. The number of ether oxygens (including phenoxy) is 1. The topological polar surface area (TPSA) is 103 Å². The highest BCUT2D eigenvalue weighted by Crippen LogP contribution is 2.28. The summed E-state index contributed by atoms with van der Waals surface area (Å²) in [5.41, 5.74) is 1.57. The predicted octanol–water partition coefficient (Wildman–Crippen LogP) is 3.50. The minimum atomic E-state index is -0.375. The van der Waals surface area contributed by atoms with Crippen LogP contribution in [0, 0.1) is 0 Å². The normalized spacial score (nSPS) is 11.0. The summed E-state index contributed by atoms with van der Waals surface area (Å²) in [4.78, 5) is 11.9. The van der Waals surface area contributed by atoms with Crippen LogP contribution in [0.4, 0.5) is 11.4 Å². The highest BCUT2D eigenvalue weighted by molar-refractivity contribution is 5.71. The molecule has 0 bridgehead atoms. The van der Waals surface area contributed by atoms with Gasteiger partial charge in [-0.25, -0.2) is 0 Å². The van der Waals surface area contributed by atoms with Gasteiger partial charge in [-0.2, -0.15) is 5.11 Å². The lowest BCUT2D eigenvalue weighted by Gasteiger charge is -2.00. The van der Waals surface area contributed by atoms with Gasteiger partial charge in [-0.3, -0.25) is 15.0 Å². The van der Waals surface area contributed by atoms with Crippen LogP contribution < -0.4 is 10.3 Å². The zero-order chi connectivity index (χ0) is 16.2. The van der Waals surface area contributed by atoms with Gasteiger partial charge in [0.15, 0.2) is 5.69 Å². The standard InChI is InChI=1S/C16H14N4O3/c1-23-13-4-2-3-11(9-13)17-19-15-14(18-20-16(15)22)10-5-7-12(21)8-6-10/h2-9,21H,1H3,(H2,18,20,22). The third-order valence-corrected chi connectivity index (χ3v) is 3.23. The fraction of sp³-hybridized carbons (Fsp3) is 0.0625. The van der Waals surface area contributed by atoms with Crippen molar-refractivity contribution in [3.63, 3.8) is 0 Å². The third kappa shape index (κ3) is 3.13. The number of phenols is 1. The Labute approximate surface area is 131 Å². The average molecular weight is 310 g/mol. The molecule has 0 fully saturated rings. The summed E-state index contributed by atoms with van der Waals surface area (Å²) in [6.45, 7) is 0. The van der Waals surface area contributed by atoms with Crippen molar-refractivity contribution in [2.75, 3.05) is 7.11 Å². The van der Waals surface area contributed by atoms with Crippen molar-refractivity contribution in [1.29, 1.82) is 0 Å². The molecule has 3 N–H and O–H groups in total. The number of azo groups is 1. The van der Waals surface area contributed by atoms with Crippen LogP contribution in [0.15, 0.2) is 63.6 Å². The molecule has 7 nitrogen and oxygen atoms in total. The fourth-order valence-corrected chi connectivity index (χ4v) is 2.06. The van der Waals surface area contributed by atoms with E-state index in [2.05, 4.69) is 20.4 Å². The summed E-state index contributed by atoms with van der Waals surface area (Å²) < 4.78 is 5.12. The van der Waals surface area contributed by atoms with Crippen molar-refractivity contribution in [2.45, 2.75) is 0 Å². The first-order valence-corrected chi connectivity index (χ1v) is 6.83. The second-order valence-corrected chi connectivity index (χ2v) is 4.75. The van der Waals surface area contributed by atoms with E-state index >= 15 is 0 Å². The zero-order valence-electron chi connectivity index (χ0n) is 12.3. The van der Waals surface area contributed by atoms with Crippen LogP contribution in [0.25, 0.3) is 11.3 Å². The highest BCUT2D eigenvalue weighted by Gasteiger charge is 2.11. The van der Waals surface area contributed by atoms with Crippen molar-refractivity contribution < 1.29 is 9.84 Å². The van der Waals surface area contributed by atoms with E-state index in [1.54, 1.807) is 43.5 Å². The Morgan fingerprint density at radius 2 is 1.83 bits per heavy atom. The van der Waals surface area contributed by atoms with Crippen molar-refractivity contribution in [3.05, 3.63) is 58.9 Å². The number of aromatic hydroxyl groups is 1. The van der Waals surface area contributed by atoms with Gasteiger partial charge in [0.1, 0.15) is 11.5 Å². The molecule has 1 heterocycles. The zero-order valence-corrected chi connectivity index (χ0v) is 12.3. The van der Waals surface area contributed by atoms with E-state index in [4.69, 9.17) is 4.74 Å². The van der Waals surface area contributed by atoms with Gasteiger partial charge in [-0.15, -0.1) is 5.11 Å². The molecule has 7 heteroatoms. The second-order valence-electron chi connectivity index (χ2n) is 4.75. The number of phenolic OH excluding ortho intramolecular Hbond substituents is 1. The van der Waals surface area contributed by atoms with Gasteiger partial charge in [-0.1, -0.05) is 6.07 Å². The maximum absolute atomic E-state index is 11.9. The van der Waals surface area contributed by atoms with Gasteiger partial charge < -0.3 is 9.84 Å². The predicted molar refractivity (Wildman–Crippen MR) is 85.7 cm³/mol. The molecule has 0 spiro atoms. The molecule has 116 valence electrons. The summed E-state index contributed by atoms with van der Waals surface area (Å²) in [5.74, 6) is 0.800. The number of methoxy groups -OCH3 is 1. The summed E-state index contributed by atoms with van der Waals surface area (Å²) in [7, 11) is 1.57. The van der Waals surface area contributed by atoms with E-state index < -0.39 is 0 Å². The highest BCUT2D eigenvalue weighted by atomic mass is 16.5. The molecule has 3 rings (SSSR count). The van der Waals surface area contributed by atoms with E-state index in [1.165, 1.54) is 12.1 Å². The maximum atomic E-state index is 11.9. The van der Waals surface area contributed by atoms with Gasteiger partial charge in [0.05, 0.1) is 18.5 Å². The Bertz CT molecular complexity index is 894. The van der Waals surface area contributed by atoms with Crippen LogP contribution in [-0.2, 0) is 0 Å². The largest absolute Gasteiger partial charge is 0.508 e. The number of benzene rings is 2. The number of hydrogen-bond acceptors (Lipinski definition) is 5. The number of nitrogens with one attached hydrogen (secondary N) is 2. The van der Waals surface area contributed by atoms with Crippen molar-refractivity contribution >= 4 is 11.4 Å². The van der Waals surface area contributed by atoms with Gasteiger partial charge in [-0.05, 0) is 36.4 Å². The number of H-pyrrole nitrogens is 2. The number of hydrogen-bond donors (Lipinski definition) is 3. The lowest BCUT2D eigenvalue weighted by Crippen LogP contribution is -1.96. The maximum Gasteiger partial charge on any atom is 0.292 e. The van der Waals surface area contributed by atoms with Crippen LogP contribution in [0.1, 0.15) is 0 Å². The molecule has 3 aromatic rings. The first kappa shape index (κ1) is 14.6. The van der Waals surface area contributed by atoms with Crippen molar-refractivity contribution in [1.82, 2.24) is 10.2 Å². The number of nitrogens with zero attached hydrogens (tertiary/aromatic N) is 2. The lowest BCUT2D eigenvalue weighted by atomic mass is 10.1. The first-order chi connectivity index (χ1) is 11.2. The number of aromatic amines is 2. The molecule has 0 atom stereocenters. The Kier molecular flexibility index (Phi) is 3.92. The van der Waals surface area contributed by atoms with Crippen LogP contribution in [0.5, 0.6) is 11.5 Å². The van der Waals surface area contributed by atoms with Gasteiger partial charge in [0.25, 0.3) is 5.56 Å². The van der Waals surface area contributed by atoms with E-state index in [1.807, 2.05) is 0 Å². The lowest BCUT2D eigenvalue weighted by molar-refractivity contribution is 0.415. The quantitative estimate of drug-likeness (QED) is 0.642. The average Bonchev–Trinajstić information content (AvgIpc) is 2.94. The molecule has 0 amide bonds. The smallest absolute Gasteiger partial charge is 0.292 e. The number of rotatable bonds is 4. The third-order valence-electron chi connectivity index (χ3n) is 3.23. The van der Waals surface area contributed by atoms with E-state index in [-0.39, 0.29) is 17.0 Å². The molecule has 1 aromatic heterocycles. The van der Waals surface area contributed by atoms with E-state index in [9.17, 15) is 9.90 Å². The second kappa shape index (κ2) is 6.18. The molecule has 0 saturated carbocycles.